The van der Waals surface area contributed by atoms with Gasteiger partial charge in [0.2, 0.25) is 5.79 Å². The molecule has 1 N–H and O–H groups in total. The van der Waals surface area contributed by atoms with E-state index in [-0.39, 0.29) is 79.9 Å². The smallest absolute Gasteiger partial charge is 0.329 e. The molecule has 1 amide bonds. The molecule has 0 aromatic heterocycles. The second kappa shape index (κ2) is 31.5. The van der Waals surface area contributed by atoms with E-state index in [0.29, 0.717) is 76.8 Å². The maximum atomic E-state index is 14.7. The van der Waals surface area contributed by atoms with Crippen LogP contribution in [-0.4, -0.2) is 169 Å². The second-order valence-corrected chi connectivity index (χ2v) is 25.1. The summed E-state index contributed by atoms with van der Waals surface area (Å²) in [4.78, 5) is 73.4. The van der Waals surface area contributed by atoms with Crippen molar-refractivity contribution in [2.75, 3.05) is 74.7 Å². The van der Waals surface area contributed by atoms with Crippen LogP contribution >= 0.6 is 7.37 Å². The molecule has 0 aromatic carbocycles. The number of piperidine rings is 1. The Morgan fingerprint density at radius 2 is 1.51 bits per heavy atom. The van der Waals surface area contributed by atoms with Gasteiger partial charge in [-0.05, 0) is 107 Å². The first-order chi connectivity index (χ1) is 36.0. The van der Waals surface area contributed by atoms with Crippen molar-refractivity contribution in [2.24, 2.45) is 35.5 Å². The van der Waals surface area contributed by atoms with E-state index in [2.05, 4.69) is 0 Å². The molecule has 18 heteroatoms. The van der Waals surface area contributed by atoms with Gasteiger partial charge in [0.25, 0.3) is 11.7 Å². The quantitative estimate of drug-likeness (QED) is 0.0536. The van der Waals surface area contributed by atoms with Gasteiger partial charge in [-0.1, -0.05) is 71.1 Å². The van der Waals surface area contributed by atoms with E-state index in [1.807, 2.05) is 58.1 Å². The number of Topliss-reactive ketones (excluding diaryl/α,β-unsaturated/α-hetero) is 3. The molecule has 0 radical (unpaired) electrons. The van der Waals surface area contributed by atoms with Crippen LogP contribution in [0.3, 0.4) is 0 Å². The Labute approximate surface area is 454 Å². The van der Waals surface area contributed by atoms with Gasteiger partial charge < -0.3 is 52.4 Å². The number of methoxy groups -OCH3 is 4. The molecule has 0 spiro atoms. The van der Waals surface area contributed by atoms with Gasteiger partial charge in [-0.25, -0.2) is 4.79 Å². The van der Waals surface area contributed by atoms with Gasteiger partial charge in [0, 0.05) is 78.9 Å². The van der Waals surface area contributed by atoms with Crippen molar-refractivity contribution in [1.82, 2.24) is 4.90 Å². The summed E-state index contributed by atoms with van der Waals surface area (Å²) >= 11 is 0. The minimum Gasteiger partial charge on any atom is -0.460 e. The lowest BCUT2D eigenvalue weighted by molar-refractivity contribution is -0.266. The number of aliphatic hydroxyl groups is 1. The van der Waals surface area contributed by atoms with Crippen LogP contribution in [0.4, 0.5) is 0 Å². The zero-order valence-electron chi connectivity index (χ0n) is 48.0. The molecule has 432 valence electrons. The van der Waals surface area contributed by atoms with Crippen LogP contribution < -0.4 is 0 Å². The monoisotopic (exact) mass is 1090 g/mol. The van der Waals surface area contributed by atoms with Crippen LogP contribution in [0.25, 0.3) is 0 Å². The maximum absolute atomic E-state index is 14.7. The van der Waals surface area contributed by atoms with E-state index in [1.54, 1.807) is 54.4 Å². The average Bonchev–Trinajstić information content (AvgIpc) is 3.37. The van der Waals surface area contributed by atoms with Crippen molar-refractivity contribution in [3.8, 4) is 0 Å². The molecular weight excluding hydrogens is 998 g/mol. The zero-order chi connectivity index (χ0) is 56.3. The van der Waals surface area contributed by atoms with Crippen LogP contribution in [0.15, 0.2) is 47.6 Å². The van der Waals surface area contributed by atoms with Crippen molar-refractivity contribution >= 4 is 36.6 Å². The van der Waals surface area contributed by atoms with Gasteiger partial charge in [-0.2, -0.15) is 0 Å². The summed E-state index contributed by atoms with van der Waals surface area (Å²) in [5.74, 6) is -7.82. The number of allylic oxidation sites excluding steroid dienone is 6. The highest BCUT2D eigenvalue weighted by Gasteiger charge is 2.53. The molecule has 3 aliphatic heterocycles. The van der Waals surface area contributed by atoms with E-state index in [1.165, 1.54) is 19.1 Å². The standard InChI is InChI=1S/C58H94NO16P/c1-37-19-15-14-16-20-38(2)49(72-30-29-71-28-27-67-8)35-45-24-22-43(7)58(65,74-45)55(62)56(63)59-26-18-17-21-46(59)57(64)73-50(40(4)33-44-23-25-48(51(34-44)68-9)75-76(12,13)66)36-47(60)39(3)32-42(6)53(69-10)54(70-11)52(61)41(5)31-37/h14-16,19-20,32,37,39-41,43-46,48-51,53-54,65H,17-18,21-31,33-36H2,1-13H3/b16-14?,19-15+,38-20?,42-32+/t37-,39-,40-,41-,43-,44+,45+,46+,48-,49+,50+,51-,53-,54+,58-/m1/s1. The first-order valence-electron chi connectivity index (χ1n) is 27.7. The Morgan fingerprint density at radius 3 is 2.18 bits per heavy atom. The lowest BCUT2D eigenvalue weighted by atomic mass is 9.78. The lowest BCUT2D eigenvalue weighted by Crippen LogP contribution is -2.61. The highest BCUT2D eigenvalue weighted by atomic mass is 31.2. The van der Waals surface area contributed by atoms with Crippen LogP contribution in [-0.2, 0) is 71.0 Å². The molecule has 3 fully saturated rings. The molecule has 4 aliphatic rings. The first kappa shape index (κ1) is 65.3. The number of carbonyl (C=O) groups excluding carboxylic acids is 5. The first-order valence-corrected chi connectivity index (χ1v) is 30.2. The van der Waals surface area contributed by atoms with Gasteiger partial charge >= 0.3 is 5.97 Å². The van der Waals surface area contributed by atoms with E-state index in [0.717, 1.165) is 12.0 Å². The maximum Gasteiger partial charge on any atom is 0.329 e. The Morgan fingerprint density at radius 1 is 0.803 bits per heavy atom. The number of ketones is 3. The summed E-state index contributed by atoms with van der Waals surface area (Å²) in [5, 5.41) is 12.2. The van der Waals surface area contributed by atoms with Crippen LogP contribution in [0.2, 0.25) is 0 Å². The third-order valence-corrected chi connectivity index (χ3v) is 16.5. The number of rotatable bonds is 15. The van der Waals surface area contributed by atoms with Gasteiger partial charge in [-0.3, -0.25) is 23.7 Å². The molecule has 2 bridgehead atoms. The van der Waals surface area contributed by atoms with Crippen LogP contribution in [0.5, 0.6) is 0 Å². The number of hydrogen-bond donors (Lipinski definition) is 1. The molecule has 3 heterocycles. The van der Waals surface area contributed by atoms with Crippen molar-refractivity contribution in [3.05, 3.63) is 47.6 Å². The van der Waals surface area contributed by atoms with Crippen LogP contribution in [0.1, 0.15) is 126 Å². The highest BCUT2D eigenvalue weighted by Crippen LogP contribution is 2.45. The fourth-order valence-electron chi connectivity index (χ4n) is 11.3. The predicted octanol–water partition coefficient (Wildman–Crippen LogP) is 8.43. The van der Waals surface area contributed by atoms with Gasteiger partial charge in [0.1, 0.15) is 30.1 Å². The zero-order valence-corrected chi connectivity index (χ0v) is 48.9. The van der Waals surface area contributed by atoms with E-state index < -0.39 is 79.2 Å². The van der Waals surface area contributed by atoms with E-state index in [4.69, 9.17) is 42.4 Å². The molecule has 2 saturated heterocycles. The van der Waals surface area contributed by atoms with Gasteiger partial charge in [0.05, 0.1) is 50.8 Å². The summed E-state index contributed by atoms with van der Waals surface area (Å²) < 4.78 is 66.0. The van der Waals surface area contributed by atoms with E-state index in [9.17, 15) is 33.6 Å². The number of amides is 1. The fourth-order valence-corrected chi connectivity index (χ4v) is 12.1. The molecule has 76 heavy (non-hydrogen) atoms. The Balaban J connectivity index is 1.73. The summed E-state index contributed by atoms with van der Waals surface area (Å²) in [6, 6.07) is -1.16. The number of ether oxygens (including phenoxy) is 8. The minimum absolute atomic E-state index is 0.0268. The van der Waals surface area contributed by atoms with Crippen molar-refractivity contribution in [1.29, 1.82) is 0 Å². The van der Waals surface area contributed by atoms with E-state index >= 15 is 0 Å². The third-order valence-electron chi connectivity index (χ3n) is 15.8. The summed E-state index contributed by atoms with van der Waals surface area (Å²) in [5.41, 5.74) is 1.48. The largest absolute Gasteiger partial charge is 0.460 e. The lowest BCUT2D eigenvalue weighted by Gasteiger charge is -2.43. The molecule has 1 saturated carbocycles. The average molecular weight is 1090 g/mol. The molecular formula is C58H94NO16P. The fraction of sp³-hybridized carbons (Fsp3) is 0.776. The summed E-state index contributed by atoms with van der Waals surface area (Å²) in [7, 11) is 3.39. The Bertz CT molecular complexity index is 2070. The highest BCUT2D eigenvalue weighted by molar-refractivity contribution is 7.57. The number of carbonyl (C=O) groups is 5. The normalized spacial score (nSPS) is 35.4. The predicted molar refractivity (Wildman–Crippen MR) is 290 cm³/mol. The number of nitrogens with zero attached hydrogens (tertiary/aromatic N) is 1. The van der Waals surface area contributed by atoms with Crippen molar-refractivity contribution in [3.63, 3.8) is 0 Å². The number of fused-ring (bicyclic) bond motifs is 3. The molecule has 15 atom stereocenters. The van der Waals surface area contributed by atoms with Gasteiger partial charge in [0.15, 0.2) is 13.2 Å². The van der Waals surface area contributed by atoms with Crippen molar-refractivity contribution in [2.45, 2.75) is 180 Å². The molecule has 17 nitrogen and oxygen atoms in total. The van der Waals surface area contributed by atoms with Crippen LogP contribution in [0, 0.1) is 35.5 Å². The third kappa shape index (κ3) is 19.3. The topological polar surface area (TPSA) is 209 Å². The molecule has 1 aliphatic carbocycles. The van der Waals surface area contributed by atoms with Crippen molar-refractivity contribution < 1.29 is 76.1 Å². The molecule has 0 aromatic rings. The molecule has 0 unspecified atom stereocenters. The second-order valence-electron chi connectivity index (χ2n) is 22.4. The molecule has 4 rings (SSSR count). The summed E-state index contributed by atoms with van der Waals surface area (Å²) in [6.07, 6.45) is 12.3. The Hall–Kier alpha value is -3.22. The Kier molecular flexibility index (Phi) is 27.1. The van der Waals surface area contributed by atoms with Gasteiger partial charge in [-0.15, -0.1) is 0 Å². The number of cyclic esters (lactones) is 1. The SMILES string of the molecule is COCCOCCO[C@H]1C[C@@H]2CC[C@@H](C)[C@@](O)(O2)C(=O)C(=O)N2CCCC[C@H]2C(=O)O[C@H]([C@H](C)C[C@@H]2CC[C@@H](OP(C)(C)=O)[C@H](OC)C2)CC(=O)[C@H](C)/C=C(\C)[C@@H](OC)[C@@H](OC)C(=O)[C@H](C)C[C@H](C)/C=C/C=CC=C1C. The minimum atomic E-state index is -2.80. The number of hydrogen-bond acceptors (Lipinski definition) is 16. The number of esters is 1. The summed E-state index contributed by atoms with van der Waals surface area (Å²) in [6.45, 7) is 17.7.